The van der Waals surface area contributed by atoms with E-state index in [1.54, 1.807) is 24.3 Å². The molecule has 0 atom stereocenters. The van der Waals surface area contributed by atoms with Gasteiger partial charge >= 0.3 is 0 Å². The summed E-state index contributed by atoms with van der Waals surface area (Å²) in [4.78, 5) is 24.9. The molecule has 0 aliphatic rings. The van der Waals surface area contributed by atoms with Gasteiger partial charge in [0.2, 0.25) is 0 Å². The van der Waals surface area contributed by atoms with E-state index in [-0.39, 0.29) is 18.1 Å². The van der Waals surface area contributed by atoms with Crippen molar-refractivity contribution < 1.29 is 14.3 Å². The number of rotatable bonds is 7. The van der Waals surface area contributed by atoms with Crippen LogP contribution in [0.5, 0.6) is 5.75 Å². The molecule has 7 heteroatoms. The quantitative estimate of drug-likeness (QED) is 0.299. The second-order valence-corrected chi connectivity index (χ2v) is 8.57. The monoisotopic (exact) mass is 517 g/mol. The first-order chi connectivity index (χ1) is 16.3. The Morgan fingerprint density at radius 3 is 2.38 bits per heavy atom. The van der Waals surface area contributed by atoms with E-state index in [0.717, 1.165) is 22.4 Å². The van der Waals surface area contributed by atoms with E-state index in [9.17, 15) is 14.9 Å². The summed E-state index contributed by atoms with van der Waals surface area (Å²) >= 11 is 3.43. The molecule has 0 fully saturated rings. The average molecular weight is 518 g/mol. The molecule has 2 amide bonds. The number of ether oxygens (including phenoxy) is 1. The molecule has 6 nitrogen and oxygen atoms in total. The normalized spacial score (nSPS) is 10.9. The summed E-state index contributed by atoms with van der Waals surface area (Å²) in [6, 6.07) is 20.2. The standard InChI is InChI=1S/C27H24BrN3O3/c1-17-8-6-10-24(19(17)3)31-27(33)21(15-29)13-20-11-12-25(22(28)14-20)34-16-26(32)30-23-9-5-4-7-18(23)2/h4-14H,16H2,1-3H3,(H,30,32)(H,31,33)/b21-13-. The molecule has 0 aliphatic heterocycles. The topological polar surface area (TPSA) is 91.2 Å². The highest BCUT2D eigenvalue weighted by Crippen LogP contribution is 2.27. The summed E-state index contributed by atoms with van der Waals surface area (Å²) in [5.74, 6) is -0.295. The number of hydrogen-bond acceptors (Lipinski definition) is 4. The second-order valence-electron chi connectivity index (χ2n) is 7.71. The summed E-state index contributed by atoms with van der Waals surface area (Å²) in [6.07, 6.45) is 1.50. The van der Waals surface area contributed by atoms with E-state index in [1.165, 1.54) is 6.08 Å². The predicted octanol–water partition coefficient (Wildman–Crippen LogP) is 5.94. The lowest BCUT2D eigenvalue weighted by molar-refractivity contribution is -0.118. The highest BCUT2D eigenvalue weighted by molar-refractivity contribution is 9.10. The lowest BCUT2D eigenvalue weighted by Gasteiger charge is -2.11. The summed E-state index contributed by atoms with van der Waals surface area (Å²) < 4.78 is 6.22. The van der Waals surface area contributed by atoms with E-state index in [4.69, 9.17) is 4.74 Å². The van der Waals surface area contributed by atoms with Gasteiger partial charge in [-0.3, -0.25) is 9.59 Å². The van der Waals surface area contributed by atoms with Gasteiger partial charge in [-0.2, -0.15) is 5.26 Å². The van der Waals surface area contributed by atoms with Gasteiger partial charge in [-0.05, 0) is 89.3 Å². The molecule has 2 N–H and O–H groups in total. The molecule has 0 spiro atoms. The van der Waals surface area contributed by atoms with Crippen molar-refractivity contribution in [2.45, 2.75) is 20.8 Å². The fraction of sp³-hybridized carbons (Fsp3) is 0.148. The van der Waals surface area contributed by atoms with Crippen molar-refractivity contribution in [3.63, 3.8) is 0 Å². The number of carbonyl (C=O) groups excluding carboxylic acids is 2. The zero-order chi connectivity index (χ0) is 24.7. The number of anilines is 2. The zero-order valence-corrected chi connectivity index (χ0v) is 20.7. The van der Waals surface area contributed by atoms with E-state index >= 15 is 0 Å². The molecule has 0 bridgehead atoms. The third kappa shape index (κ3) is 6.33. The van der Waals surface area contributed by atoms with Crippen LogP contribution < -0.4 is 15.4 Å². The van der Waals surface area contributed by atoms with Crippen molar-refractivity contribution in [2.75, 3.05) is 17.2 Å². The fourth-order valence-corrected chi connectivity index (χ4v) is 3.67. The third-order valence-electron chi connectivity index (χ3n) is 5.26. The molecule has 34 heavy (non-hydrogen) atoms. The van der Waals surface area contributed by atoms with Gasteiger partial charge in [0.1, 0.15) is 17.4 Å². The average Bonchev–Trinajstić information content (AvgIpc) is 2.81. The highest BCUT2D eigenvalue weighted by Gasteiger charge is 2.13. The first kappa shape index (κ1) is 24.7. The van der Waals surface area contributed by atoms with E-state index in [1.807, 2.05) is 63.2 Å². The first-order valence-electron chi connectivity index (χ1n) is 10.6. The maximum Gasteiger partial charge on any atom is 0.266 e. The van der Waals surface area contributed by atoms with Crippen LogP contribution in [-0.2, 0) is 9.59 Å². The van der Waals surface area contributed by atoms with Crippen LogP contribution in [0, 0.1) is 32.1 Å². The zero-order valence-electron chi connectivity index (χ0n) is 19.1. The number of para-hydroxylation sites is 1. The molecule has 0 unspecified atom stereocenters. The van der Waals surface area contributed by atoms with Gasteiger partial charge in [-0.15, -0.1) is 0 Å². The molecule has 0 saturated carbocycles. The van der Waals surface area contributed by atoms with Crippen molar-refractivity contribution in [3.05, 3.63) is 93.0 Å². The summed E-state index contributed by atoms with van der Waals surface area (Å²) in [5, 5.41) is 15.1. The van der Waals surface area contributed by atoms with E-state index in [0.29, 0.717) is 21.5 Å². The Hall–Kier alpha value is -3.89. The lowest BCUT2D eigenvalue weighted by atomic mass is 10.1. The van der Waals surface area contributed by atoms with Crippen LogP contribution in [0.1, 0.15) is 22.3 Å². The number of hydrogen-bond donors (Lipinski definition) is 2. The van der Waals surface area contributed by atoms with Crippen LogP contribution in [0.2, 0.25) is 0 Å². The SMILES string of the molecule is Cc1ccccc1NC(=O)COc1ccc(/C=C(/C#N)C(=O)Nc2cccc(C)c2C)cc1Br. The molecule has 0 aromatic heterocycles. The van der Waals surface area contributed by atoms with Crippen molar-refractivity contribution in [1.82, 2.24) is 0 Å². The Balaban J connectivity index is 1.66. The maximum atomic E-state index is 12.6. The van der Waals surface area contributed by atoms with Crippen LogP contribution in [0.3, 0.4) is 0 Å². The van der Waals surface area contributed by atoms with Crippen molar-refractivity contribution in [2.24, 2.45) is 0 Å². The number of nitrogens with zero attached hydrogens (tertiary/aromatic N) is 1. The Morgan fingerprint density at radius 1 is 0.971 bits per heavy atom. The Morgan fingerprint density at radius 2 is 1.68 bits per heavy atom. The van der Waals surface area contributed by atoms with Crippen LogP contribution in [0.4, 0.5) is 11.4 Å². The number of halogens is 1. The van der Waals surface area contributed by atoms with E-state index < -0.39 is 5.91 Å². The first-order valence-corrected chi connectivity index (χ1v) is 11.3. The molecule has 0 heterocycles. The number of nitrogens with one attached hydrogen (secondary N) is 2. The molecule has 0 radical (unpaired) electrons. The fourth-order valence-electron chi connectivity index (χ4n) is 3.16. The van der Waals surface area contributed by atoms with Gasteiger partial charge in [0.25, 0.3) is 11.8 Å². The van der Waals surface area contributed by atoms with Gasteiger partial charge in [-0.25, -0.2) is 0 Å². The van der Waals surface area contributed by atoms with Crippen LogP contribution >= 0.6 is 15.9 Å². The summed E-state index contributed by atoms with van der Waals surface area (Å²) in [6.45, 7) is 5.62. The third-order valence-corrected chi connectivity index (χ3v) is 5.88. The second kappa shape index (κ2) is 11.3. The number of benzene rings is 3. The molecular weight excluding hydrogens is 494 g/mol. The minimum absolute atomic E-state index is 0.0286. The molecule has 3 aromatic carbocycles. The molecule has 172 valence electrons. The van der Waals surface area contributed by atoms with Crippen LogP contribution in [0.25, 0.3) is 6.08 Å². The largest absolute Gasteiger partial charge is 0.483 e. The number of aryl methyl sites for hydroxylation is 2. The number of carbonyl (C=O) groups is 2. The molecule has 0 saturated heterocycles. The van der Waals surface area contributed by atoms with Gasteiger partial charge in [0, 0.05) is 11.4 Å². The maximum absolute atomic E-state index is 12.6. The molecular formula is C27H24BrN3O3. The minimum Gasteiger partial charge on any atom is -0.483 e. The highest BCUT2D eigenvalue weighted by atomic mass is 79.9. The van der Waals surface area contributed by atoms with Crippen LogP contribution in [0.15, 0.2) is 70.7 Å². The van der Waals surface area contributed by atoms with Crippen molar-refractivity contribution >= 4 is 45.2 Å². The lowest BCUT2D eigenvalue weighted by Crippen LogP contribution is -2.20. The summed E-state index contributed by atoms with van der Waals surface area (Å²) in [5.41, 5.74) is 4.97. The Kier molecular flexibility index (Phi) is 8.23. The summed E-state index contributed by atoms with van der Waals surface area (Å²) in [7, 11) is 0. The smallest absolute Gasteiger partial charge is 0.266 e. The van der Waals surface area contributed by atoms with Crippen LogP contribution in [-0.4, -0.2) is 18.4 Å². The van der Waals surface area contributed by atoms with Crippen molar-refractivity contribution in [1.29, 1.82) is 5.26 Å². The Bertz CT molecular complexity index is 1310. The predicted molar refractivity (Wildman–Crippen MR) is 138 cm³/mol. The number of nitriles is 1. The van der Waals surface area contributed by atoms with Gasteiger partial charge in [-0.1, -0.05) is 36.4 Å². The minimum atomic E-state index is -0.486. The number of amides is 2. The van der Waals surface area contributed by atoms with Gasteiger partial charge in [0.15, 0.2) is 6.61 Å². The van der Waals surface area contributed by atoms with Crippen molar-refractivity contribution in [3.8, 4) is 11.8 Å². The van der Waals surface area contributed by atoms with Gasteiger partial charge < -0.3 is 15.4 Å². The molecule has 3 rings (SSSR count). The molecule has 0 aliphatic carbocycles. The molecule has 3 aromatic rings. The van der Waals surface area contributed by atoms with Gasteiger partial charge in [0.05, 0.1) is 4.47 Å². The Labute approximate surface area is 207 Å². The van der Waals surface area contributed by atoms with E-state index in [2.05, 4.69) is 26.6 Å².